The largest absolute Gasteiger partial charge is 0.448 e. The number of nitrogens with zero attached hydrogens (tertiary/aromatic N) is 1. The highest BCUT2D eigenvalue weighted by Crippen LogP contribution is 2.01. The standard InChI is InChI=1S/C16H15N3O4/c1-11(23-16(22)13-9-5-6-10-17-13)14(20)18-19-15(21)12-7-3-2-4-8-12/h2-11H,1H3,(H,18,20)(H,19,21)/t11-/m1/s1. The third-order valence-electron chi connectivity index (χ3n) is 2.86. The van der Waals surface area contributed by atoms with Gasteiger partial charge in [-0.2, -0.15) is 0 Å². The number of carbonyl (C=O) groups is 3. The Morgan fingerprint density at radius 3 is 2.35 bits per heavy atom. The fraction of sp³-hybridized carbons (Fsp3) is 0.125. The van der Waals surface area contributed by atoms with E-state index in [9.17, 15) is 14.4 Å². The van der Waals surface area contributed by atoms with Gasteiger partial charge in [-0.15, -0.1) is 0 Å². The Morgan fingerprint density at radius 1 is 1.00 bits per heavy atom. The van der Waals surface area contributed by atoms with Crippen molar-refractivity contribution in [2.45, 2.75) is 13.0 Å². The minimum absolute atomic E-state index is 0.0977. The molecule has 2 amide bonds. The van der Waals surface area contributed by atoms with Crippen molar-refractivity contribution < 1.29 is 19.1 Å². The molecule has 2 aromatic rings. The van der Waals surface area contributed by atoms with E-state index in [1.807, 2.05) is 0 Å². The third kappa shape index (κ3) is 4.63. The predicted molar refractivity (Wildman–Crippen MR) is 81.2 cm³/mol. The summed E-state index contributed by atoms with van der Waals surface area (Å²) in [6, 6.07) is 13.2. The molecule has 0 spiro atoms. The molecule has 0 aliphatic carbocycles. The topological polar surface area (TPSA) is 97.4 Å². The molecule has 0 saturated carbocycles. The number of hydrazine groups is 1. The van der Waals surface area contributed by atoms with Gasteiger partial charge >= 0.3 is 5.97 Å². The van der Waals surface area contributed by atoms with Crippen molar-refractivity contribution in [3.05, 3.63) is 66.0 Å². The van der Waals surface area contributed by atoms with Crippen molar-refractivity contribution >= 4 is 17.8 Å². The number of nitrogens with one attached hydrogen (secondary N) is 2. The molecule has 1 aromatic heterocycles. The van der Waals surface area contributed by atoms with E-state index < -0.39 is 23.9 Å². The third-order valence-corrected chi connectivity index (χ3v) is 2.86. The summed E-state index contributed by atoms with van der Waals surface area (Å²) < 4.78 is 4.97. The zero-order valence-electron chi connectivity index (χ0n) is 12.4. The first-order valence-corrected chi connectivity index (χ1v) is 6.85. The molecule has 2 rings (SSSR count). The Bertz CT molecular complexity index is 689. The average Bonchev–Trinajstić information content (AvgIpc) is 2.60. The molecule has 1 heterocycles. The van der Waals surface area contributed by atoms with Crippen molar-refractivity contribution in [3.8, 4) is 0 Å². The van der Waals surface area contributed by atoms with E-state index in [0.717, 1.165) is 0 Å². The molecular formula is C16H15N3O4. The summed E-state index contributed by atoms with van der Waals surface area (Å²) in [5.41, 5.74) is 4.94. The van der Waals surface area contributed by atoms with Crippen LogP contribution in [0.5, 0.6) is 0 Å². The summed E-state index contributed by atoms with van der Waals surface area (Å²) in [4.78, 5) is 39.2. The van der Waals surface area contributed by atoms with Crippen LogP contribution in [-0.4, -0.2) is 28.9 Å². The zero-order chi connectivity index (χ0) is 16.7. The summed E-state index contributed by atoms with van der Waals surface area (Å²) in [7, 11) is 0. The number of benzene rings is 1. The lowest BCUT2D eigenvalue weighted by atomic mass is 10.2. The van der Waals surface area contributed by atoms with Crippen molar-refractivity contribution in [1.82, 2.24) is 15.8 Å². The van der Waals surface area contributed by atoms with E-state index in [0.29, 0.717) is 5.56 Å². The lowest BCUT2D eigenvalue weighted by Gasteiger charge is -2.13. The number of hydrogen-bond donors (Lipinski definition) is 2. The van der Waals surface area contributed by atoms with E-state index >= 15 is 0 Å². The van der Waals surface area contributed by atoms with Gasteiger partial charge in [0.05, 0.1) is 0 Å². The Kier molecular flexibility index (Phi) is 5.40. The van der Waals surface area contributed by atoms with E-state index in [1.165, 1.54) is 19.2 Å². The Hall–Kier alpha value is -3.22. The number of pyridine rings is 1. The highest BCUT2D eigenvalue weighted by atomic mass is 16.5. The molecule has 0 unspecified atom stereocenters. The number of carbonyl (C=O) groups excluding carboxylic acids is 3. The number of ether oxygens (including phenoxy) is 1. The van der Waals surface area contributed by atoms with Crippen LogP contribution in [0.2, 0.25) is 0 Å². The summed E-state index contributed by atoms with van der Waals surface area (Å²) in [5, 5.41) is 0. The second-order valence-corrected chi connectivity index (χ2v) is 4.57. The van der Waals surface area contributed by atoms with Crippen LogP contribution in [0.25, 0.3) is 0 Å². The average molecular weight is 313 g/mol. The van der Waals surface area contributed by atoms with Gasteiger partial charge < -0.3 is 4.74 Å². The number of rotatable bonds is 4. The van der Waals surface area contributed by atoms with Crippen molar-refractivity contribution in [2.24, 2.45) is 0 Å². The van der Waals surface area contributed by atoms with Crippen LogP contribution in [0, 0.1) is 0 Å². The van der Waals surface area contributed by atoms with Gasteiger partial charge in [0.25, 0.3) is 11.8 Å². The number of amides is 2. The Balaban J connectivity index is 1.83. The van der Waals surface area contributed by atoms with Crippen LogP contribution in [0.4, 0.5) is 0 Å². The lowest BCUT2D eigenvalue weighted by molar-refractivity contribution is -0.129. The van der Waals surface area contributed by atoms with Gasteiger partial charge in [-0.1, -0.05) is 24.3 Å². The Morgan fingerprint density at radius 2 is 1.70 bits per heavy atom. The minimum atomic E-state index is -1.08. The fourth-order valence-electron chi connectivity index (χ4n) is 1.64. The van der Waals surface area contributed by atoms with Gasteiger partial charge in [0, 0.05) is 11.8 Å². The molecule has 0 aliphatic rings. The van der Waals surface area contributed by atoms with Crippen molar-refractivity contribution in [3.63, 3.8) is 0 Å². The minimum Gasteiger partial charge on any atom is -0.448 e. The van der Waals surface area contributed by atoms with Crippen LogP contribution in [0.1, 0.15) is 27.8 Å². The predicted octanol–water partition coefficient (Wildman–Crippen LogP) is 1.09. The van der Waals surface area contributed by atoms with E-state index in [-0.39, 0.29) is 5.69 Å². The smallest absolute Gasteiger partial charge is 0.357 e. The summed E-state index contributed by atoms with van der Waals surface area (Å²) in [6.07, 6.45) is 0.363. The van der Waals surface area contributed by atoms with Crippen LogP contribution in [0.15, 0.2) is 54.7 Å². The normalized spacial score (nSPS) is 11.2. The van der Waals surface area contributed by atoms with Crippen LogP contribution >= 0.6 is 0 Å². The van der Waals surface area contributed by atoms with Gasteiger partial charge in [-0.3, -0.25) is 20.4 Å². The van der Waals surface area contributed by atoms with Crippen molar-refractivity contribution in [1.29, 1.82) is 0 Å². The summed E-state index contributed by atoms with van der Waals surface area (Å²) in [6.45, 7) is 1.39. The molecule has 0 fully saturated rings. The van der Waals surface area contributed by atoms with Crippen LogP contribution in [0.3, 0.4) is 0 Å². The van der Waals surface area contributed by atoms with Crippen molar-refractivity contribution in [2.75, 3.05) is 0 Å². The maximum absolute atomic E-state index is 11.8. The first kappa shape index (κ1) is 16.2. The molecule has 23 heavy (non-hydrogen) atoms. The second kappa shape index (κ2) is 7.69. The van der Waals surface area contributed by atoms with E-state index in [2.05, 4.69) is 15.8 Å². The molecule has 0 aliphatic heterocycles. The monoisotopic (exact) mass is 313 g/mol. The summed E-state index contributed by atoms with van der Waals surface area (Å²) in [5.74, 6) is -1.84. The van der Waals surface area contributed by atoms with Crippen LogP contribution in [-0.2, 0) is 9.53 Å². The molecule has 0 saturated heterocycles. The fourth-order valence-corrected chi connectivity index (χ4v) is 1.64. The number of aromatic nitrogens is 1. The van der Waals surface area contributed by atoms with Gasteiger partial charge in [0.15, 0.2) is 6.10 Å². The molecule has 118 valence electrons. The van der Waals surface area contributed by atoms with E-state index in [4.69, 9.17) is 4.74 Å². The maximum atomic E-state index is 11.8. The molecule has 1 atom stereocenters. The second-order valence-electron chi connectivity index (χ2n) is 4.57. The van der Waals surface area contributed by atoms with Gasteiger partial charge in [-0.05, 0) is 31.2 Å². The first-order valence-electron chi connectivity index (χ1n) is 6.85. The van der Waals surface area contributed by atoms with Gasteiger partial charge in [0.2, 0.25) is 0 Å². The molecule has 7 nitrogen and oxygen atoms in total. The van der Waals surface area contributed by atoms with Gasteiger partial charge in [-0.25, -0.2) is 9.78 Å². The first-order chi connectivity index (χ1) is 11.1. The maximum Gasteiger partial charge on any atom is 0.357 e. The summed E-state index contributed by atoms with van der Waals surface area (Å²) >= 11 is 0. The van der Waals surface area contributed by atoms with Gasteiger partial charge in [0.1, 0.15) is 5.69 Å². The molecule has 7 heteroatoms. The zero-order valence-corrected chi connectivity index (χ0v) is 12.4. The highest BCUT2D eigenvalue weighted by Gasteiger charge is 2.20. The molecule has 0 bridgehead atoms. The molecule has 1 aromatic carbocycles. The number of hydrogen-bond acceptors (Lipinski definition) is 5. The van der Waals surface area contributed by atoms with E-state index in [1.54, 1.807) is 42.5 Å². The number of esters is 1. The molecular weight excluding hydrogens is 298 g/mol. The SMILES string of the molecule is C[C@@H](OC(=O)c1ccccn1)C(=O)NNC(=O)c1ccccc1. The lowest BCUT2D eigenvalue weighted by Crippen LogP contribution is -2.46. The molecule has 2 N–H and O–H groups in total. The Labute approximate surface area is 132 Å². The highest BCUT2D eigenvalue weighted by molar-refractivity contribution is 5.96. The quantitative estimate of drug-likeness (QED) is 0.650. The van der Waals surface area contributed by atoms with Crippen LogP contribution < -0.4 is 10.9 Å². The molecule has 0 radical (unpaired) electrons.